The van der Waals surface area contributed by atoms with E-state index < -0.39 is 0 Å². The predicted octanol–water partition coefficient (Wildman–Crippen LogP) is 0.898. The summed E-state index contributed by atoms with van der Waals surface area (Å²) in [5.74, 6) is 7.93. The lowest BCUT2D eigenvalue weighted by Gasteiger charge is -2.14. The number of nitrogens with zero attached hydrogens (tertiary/aromatic N) is 5. The summed E-state index contributed by atoms with van der Waals surface area (Å²) in [6.07, 6.45) is 3.48. The number of nitrogens with one attached hydrogen (secondary N) is 2. The highest BCUT2D eigenvalue weighted by molar-refractivity contribution is 5.56. The molecule has 8 heteroatoms. The molecule has 108 valence electrons. The third-order valence-corrected chi connectivity index (χ3v) is 2.92. The zero-order chi connectivity index (χ0) is 14.5. The van der Waals surface area contributed by atoms with E-state index in [1.807, 2.05) is 27.0 Å². The van der Waals surface area contributed by atoms with Gasteiger partial charge in [0.15, 0.2) is 0 Å². The summed E-state index contributed by atoms with van der Waals surface area (Å²) in [7, 11) is 0. The molecule has 0 aliphatic carbocycles. The van der Waals surface area contributed by atoms with Crippen molar-refractivity contribution in [3.63, 3.8) is 0 Å². The zero-order valence-electron chi connectivity index (χ0n) is 12.0. The van der Waals surface area contributed by atoms with Gasteiger partial charge in [0.05, 0.1) is 12.7 Å². The lowest BCUT2D eigenvalue weighted by atomic mass is 10.2. The minimum absolute atomic E-state index is 0.235. The molecule has 4 N–H and O–H groups in total. The van der Waals surface area contributed by atoms with Crippen molar-refractivity contribution in [3.05, 3.63) is 23.8 Å². The molecule has 0 saturated carbocycles. The maximum absolute atomic E-state index is 5.50. The van der Waals surface area contributed by atoms with E-state index >= 15 is 0 Å². The second kappa shape index (κ2) is 6.29. The number of aromatic nitrogens is 5. The van der Waals surface area contributed by atoms with Gasteiger partial charge in [-0.05, 0) is 6.92 Å². The Morgan fingerprint density at radius 1 is 1.30 bits per heavy atom. The van der Waals surface area contributed by atoms with Gasteiger partial charge in [0, 0.05) is 24.2 Å². The fraction of sp³-hybridized carbons (Fsp3) is 0.500. The normalized spacial score (nSPS) is 10.8. The number of anilines is 2. The first kappa shape index (κ1) is 14.2. The first-order chi connectivity index (χ1) is 9.61. The van der Waals surface area contributed by atoms with Gasteiger partial charge < -0.3 is 10.7 Å². The van der Waals surface area contributed by atoms with Crippen molar-refractivity contribution in [1.82, 2.24) is 25.0 Å². The van der Waals surface area contributed by atoms with Crippen LogP contribution in [-0.4, -0.2) is 31.5 Å². The van der Waals surface area contributed by atoms with Crippen LogP contribution in [0.25, 0.3) is 0 Å². The largest absolute Gasteiger partial charge is 0.368 e. The van der Waals surface area contributed by atoms with Gasteiger partial charge in [0.1, 0.15) is 17.5 Å². The van der Waals surface area contributed by atoms with Crippen LogP contribution in [0.2, 0.25) is 0 Å². The van der Waals surface area contributed by atoms with Crippen molar-refractivity contribution < 1.29 is 0 Å². The van der Waals surface area contributed by atoms with Crippen LogP contribution in [0.4, 0.5) is 11.6 Å². The van der Waals surface area contributed by atoms with Crippen LogP contribution in [0, 0.1) is 6.92 Å². The molecule has 0 saturated heterocycles. The first-order valence-corrected chi connectivity index (χ1v) is 6.55. The van der Waals surface area contributed by atoms with E-state index in [0.717, 1.165) is 17.2 Å². The molecule has 0 aliphatic heterocycles. The third-order valence-electron chi connectivity index (χ3n) is 2.92. The standard InChI is InChI=1S/C12H20N8/c1-8(2)10-16-11(9(3)12(17-10)18-13)14-4-6-20-7-5-15-19-20/h5,7-8H,4,6,13H2,1-3H3,(H2,14,16,17,18). The Kier molecular flexibility index (Phi) is 4.46. The molecule has 0 aromatic carbocycles. The second-order valence-electron chi connectivity index (χ2n) is 4.80. The minimum atomic E-state index is 0.235. The molecular weight excluding hydrogens is 256 g/mol. The van der Waals surface area contributed by atoms with Gasteiger partial charge in [-0.1, -0.05) is 19.1 Å². The van der Waals surface area contributed by atoms with E-state index in [2.05, 4.69) is 31.0 Å². The van der Waals surface area contributed by atoms with E-state index in [0.29, 0.717) is 18.9 Å². The lowest BCUT2D eigenvalue weighted by molar-refractivity contribution is 0.607. The highest BCUT2D eigenvalue weighted by Crippen LogP contribution is 2.22. The van der Waals surface area contributed by atoms with Gasteiger partial charge >= 0.3 is 0 Å². The summed E-state index contributed by atoms with van der Waals surface area (Å²) < 4.78 is 1.76. The van der Waals surface area contributed by atoms with E-state index in [-0.39, 0.29) is 5.92 Å². The summed E-state index contributed by atoms with van der Waals surface area (Å²) in [5.41, 5.74) is 3.51. The topological polar surface area (TPSA) is 107 Å². The monoisotopic (exact) mass is 276 g/mol. The highest BCUT2D eigenvalue weighted by atomic mass is 15.4. The Hall–Kier alpha value is -2.22. The maximum Gasteiger partial charge on any atom is 0.148 e. The number of hydrogen-bond acceptors (Lipinski definition) is 7. The summed E-state index contributed by atoms with van der Waals surface area (Å²) >= 11 is 0. The molecule has 20 heavy (non-hydrogen) atoms. The van der Waals surface area contributed by atoms with E-state index in [4.69, 9.17) is 5.84 Å². The van der Waals surface area contributed by atoms with Crippen LogP contribution in [-0.2, 0) is 6.54 Å². The summed E-state index contributed by atoms with van der Waals surface area (Å²) in [5, 5.41) is 11.0. The number of hydrazine groups is 1. The number of nitrogens with two attached hydrogens (primary N) is 1. The Balaban J connectivity index is 2.11. The zero-order valence-corrected chi connectivity index (χ0v) is 12.0. The van der Waals surface area contributed by atoms with Crippen LogP contribution in [0.5, 0.6) is 0 Å². The molecule has 0 amide bonds. The second-order valence-corrected chi connectivity index (χ2v) is 4.80. The van der Waals surface area contributed by atoms with Crippen molar-refractivity contribution in [2.75, 3.05) is 17.3 Å². The summed E-state index contributed by atoms with van der Waals surface area (Å²) in [6, 6.07) is 0. The fourth-order valence-electron chi connectivity index (χ4n) is 1.75. The Labute approximate surface area is 117 Å². The van der Waals surface area contributed by atoms with E-state index in [1.54, 1.807) is 10.9 Å². The number of hydrogen-bond donors (Lipinski definition) is 3. The van der Waals surface area contributed by atoms with Crippen LogP contribution in [0.3, 0.4) is 0 Å². The van der Waals surface area contributed by atoms with Gasteiger partial charge in [-0.25, -0.2) is 15.8 Å². The molecule has 2 aromatic rings. The molecule has 0 fully saturated rings. The SMILES string of the molecule is Cc1c(NN)nc(C(C)C)nc1NCCn1ccnn1. The summed E-state index contributed by atoms with van der Waals surface area (Å²) in [4.78, 5) is 8.93. The first-order valence-electron chi connectivity index (χ1n) is 6.55. The molecule has 0 unspecified atom stereocenters. The van der Waals surface area contributed by atoms with Gasteiger partial charge in [-0.2, -0.15) is 0 Å². The number of rotatable bonds is 6. The maximum atomic E-state index is 5.50. The highest BCUT2D eigenvalue weighted by Gasteiger charge is 2.12. The van der Waals surface area contributed by atoms with Gasteiger partial charge in [-0.3, -0.25) is 4.68 Å². The Morgan fingerprint density at radius 3 is 2.65 bits per heavy atom. The molecule has 0 atom stereocenters. The molecule has 0 aliphatic rings. The van der Waals surface area contributed by atoms with Crippen molar-refractivity contribution in [1.29, 1.82) is 0 Å². The van der Waals surface area contributed by atoms with E-state index in [1.165, 1.54) is 0 Å². The molecule has 8 nitrogen and oxygen atoms in total. The van der Waals surface area contributed by atoms with Gasteiger partial charge in [-0.15, -0.1) is 5.10 Å². The van der Waals surface area contributed by atoms with Gasteiger partial charge in [0.25, 0.3) is 0 Å². The molecule has 0 spiro atoms. The number of nitrogen functional groups attached to an aromatic ring is 1. The molecule has 0 bridgehead atoms. The third kappa shape index (κ3) is 3.21. The summed E-state index contributed by atoms with van der Waals surface area (Å²) in [6.45, 7) is 7.43. The van der Waals surface area contributed by atoms with Crippen LogP contribution in [0.1, 0.15) is 31.2 Å². The minimum Gasteiger partial charge on any atom is -0.368 e. The molecule has 2 heterocycles. The van der Waals surface area contributed by atoms with Crippen LogP contribution < -0.4 is 16.6 Å². The lowest BCUT2D eigenvalue weighted by Crippen LogP contribution is -2.17. The van der Waals surface area contributed by atoms with Crippen molar-refractivity contribution in [3.8, 4) is 0 Å². The molecule has 0 radical (unpaired) electrons. The average molecular weight is 276 g/mol. The van der Waals surface area contributed by atoms with Crippen molar-refractivity contribution in [2.24, 2.45) is 5.84 Å². The Bertz CT molecular complexity index is 549. The van der Waals surface area contributed by atoms with Crippen molar-refractivity contribution >= 4 is 11.6 Å². The Morgan fingerprint density at radius 2 is 2.05 bits per heavy atom. The molecular formula is C12H20N8. The fourth-order valence-corrected chi connectivity index (χ4v) is 1.75. The van der Waals surface area contributed by atoms with Gasteiger partial charge in [0.2, 0.25) is 0 Å². The average Bonchev–Trinajstić information content (AvgIpc) is 2.93. The van der Waals surface area contributed by atoms with Crippen molar-refractivity contribution in [2.45, 2.75) is 33.2 Å². The predicted molar refractivity (Wildman–Crippen MR) is 77.2 cm³/mol. The van der Waals surface area contributed by atoms with Crippen LogP contribution >= 0.6 is 0 Å². The smallest absolute Gasteiger partial charge is 0.148 e. The molecule has 2 rings (SSSR count). The quantitative estimate of drug-likeness (QED) is 0.531. The van der Waals surface area contributed by atoms with E-state index in [9.17, 15) is 0 Å². The van der Waals surface area contributed by atoms with Crippen LogP contribution in [0.15, 0.2) is 12.4 Å². The molecule has 2 aromatic heterocycles.